The van der Waals surface area contributed by atoms with Crippen LogP contribution in [0.4, 0.5) is 5.82 Å². The van der Waals surface area contributed by atoms with Crippen molar-refractivity contribution in [2.75, 3.05) is 0 Å². The largest absolute Gasteiger partial charge is 0.511 e. The average Bonchev–Trinajstić information content (AvgIpc) is 2.88. The SMILES string of the molecule is Cc1[nH]nc(N=CC2=C(O)CC(C)CC2=O)c1-c1ccccc1. The minimum Gasteiger partial charge on any atom is -0.511 e. The molecule has 118 valence electrons. The number of aromatic nitrogens is 2. The maximum absolute atomic E-state index is 12.1. The van der Waals surface area contributed by atoms with E-state index in [9.17, 15) is 9.90 Å². The zero-order valence-electron chi connectivity index (χ0n) is 13.2. The summed E-state index contributed by atoms with van der Waals surface area (Å²) in [7, 11) is 0. The molecule has 2 N–H and O–H groups in total. The number of nitrogens with one attached hydrogen (secondary N) is 1. The molecule has 0 fully saturated rings. The molecule has 0 bridgehead atoms. The minimum atomic E-state index is -0.0708. The molecule has 1 unspecified atom stereocenters. The van der Waals surface area contributed by atoms with Gasteiger partial charge in [-0.05, 0) is 18.4 Å². The smallest absolute Gasteiger partial charge is 0.181 e. The van der Waals surface area contributed by atoms with Crippen molar-refractivity contribution in [2.24, 2.45) is 10.9 Å². The second-order valence-corrected chi connectivity index (χ2v) is 5.97. The molecule has 0 aliphatic heterocycles. The van der Waals surface area contributed by atoms with Crippen LogP contribution in [0.1, 0.15) is 25.5 Å². The highest BCUT2D eigenvalue weighted by molar-refractivity contribution is 6.14. The number of H-pyrrole nitrogens is 1. The fourth-order valence-electron chi connectivity index (χ4n) is 2.83. The van der Waals surface area contributed by atoms with E-state index in [2.05, 4.69) is 15.2 Å². The third kappa shape index (κ3) is 3.08. The number of aryl methyl sites for hydroxylation is 1. The van der Waals surface area contributed by atoms with Crippen molar-refractivity contribution in [1.82, 2.24) is 10.2 Å². The first-order valence-corrected chi connectivity index (χ1v) is 7.66. The number of ketones is 1. The van der Waals surface area contributed by atoms with Crippen LogP contribution in [0, 0.1) is 12.8 Å². The summed E-state index contributed by atoms with van der Waals surface area (Å²) in [4.78, 5) is 16.4. The standard InChI is InChI=1S/C18H19N3O2/c1-11-8-15(22)14(16(23)9-11)10-19-18-17(12(2)20-21-18)13-6-4-3-5-7-13/h3-7,10-11,22H,8-9H2,1-2H3,(H,20,21). The van der Waals surface area contributed by atoms with Crippen LogP contribution in [-0.2, 0) is 4.79 Å². The monoisotopic (exact) mass is 309 g/mol. The zero-order valence-corrected chi connectivity index (χ0v) is 13.2. The number of Topliss-reactive ketones (excluding diaryl/α,β-unsaturated/α-hetero) is 1. The first-order valence-electron chi connectivity index (χ1n) is 7.66. The van der Waals surface area contributed by atoms with Gasteiger partial charge in [0.05, 0.1) is 5.57 Å². The number of aromatic amines is 1. The van der Waals surface area contributed by atoms with Gasteiger partial charge >= 0.3 is 0 Å². The zero-order chi connectivity index (χ0) is 16.4. The molecule has 1 aliphatic carbocycles. The van der Waals surface area contributed by atoms with Gasteiger partial charge < -0.3 is 5.11 Å². The van der Waals surface area contributed by atoms with Crippen LogP contribution in [0.2, 0.25) is 0 Å². The lowest BCUT2D eigenvalue weighted by Crippen LogP contribution is -2.18. The van der Waals surface area contributed by atoms with Crippen LogP contribution >= 0.6 is 0 Å². The first-order chi connectivity index (χ1) is 11.1. The van der Waals surface area contributed by atoms with E-state index in [1.54, 1.807) is 0 Å². The van der Waals surface area contributed by atoms with Crippen LogP contribution in [0.25, 0.3) is 11.1 Å². The van der Waals surface area contributed by atoms with Crippen molar-refractivity contribution < 1.29 is 9.90 Å². The lowest BCUT2D eigenvalue weighted by atomic mass is 9.89. The number of nitrogens with zero attached hydrogens (tertiary/aromatic N) is 2. The Kier molecular flexibility index (Phi) is 4.10. The topological polar surface area (TPSA) is 78.3 Å². The molecule has 1 aliphatic rings. The van der Waals surface area contributed by atoms with Crippen LogP contribution in [-0.4, -0.2) is 27.3 Å². The highest BCUT2D eigenvalue weighted by atomic mass is 16.3. The minimum absolute atomic E-state index is 0.0708. The molecule has 0 spiro atoms. The molecule has 1 aromatic heterocycles. The van der Waals surface area contributed by atoms with Gasteiger partial charge in [-0.1, -0.05) is 37.3 Å². The number of carbonyl (C=O) groups excluding carboxylic acids is 1. The van der Waals surface area contributed by atoms with Gasteiger partial charge in [0, 0.05) is 30.3 Å². The van der Waals surface area contributed by atoms with Crippen LogP contribution in [0.3, 0.4) is 0 Å². The molecule has 1 aromatic carbocycles. The molecule has 0 amide bonds. The van der Waals surface area contributed by atoms with Gasteiger partial charge in [-0.3, -0.25) is 9.89 Å². The highest BCUT2D eigenvalue weighted by Gasteiger charge is 2.24. The lowest BCUT2D eigenvalue weighted by Gasteiger charge is -2.17. The molecule has 1 atom stereocenters. The summed E-state index contributed by atoms with van der Waals surface area (Å²) in [5, 5.41) is 17.1. The molecule has 0 saturated carbocycles. The Labute approximate surface area is 134 Å². The second-order valence-electron chi connectivity index (χ2n) is 5.97. The summed E-state index contributed by atoms with van der Waals surface area (Å²) in [5.74, 6) is 0.733. The summed E-state index contributed by atoms with van der Waals surface area (Å²) < 4.78 is 0. The van der Waals surface area contributed by atoms with E-state index in [-0.39, 0.29) is 17.5 Å². The van der Waals surface area contributed by atoms with Crippen molar-refractivity contribution in [3.8, 4) is 11.1 Å². The third-order valence-corrected chi connectivity index (χ3v) is 3.99. The van der Waals surface area contributed by atoms with Crippen LogP contribution in [0.5, 0.6) is 0 Å². The van der Waals surface area contributed by atoms with Gasteiger partial charge in [0.15, 0.2) is 11.6 Å². The summed E-state index contributed by atoms with van der Waals surface area (Å²) in [6, 6.07) is 9.83. The number of benzene rings is 1. The number of rotatable bonds is 3. The number of carbonyl (C=O) groups is 1. The van der Waals surface area contributed by atoms with E-state index in [1.165, 1.54) is 6.21 Å². The Morgan fingerprint density at radius 1 is 1.30 bits per heavy atom. The second kappa shape index (κ2) is 6.20. The molecule has 2 aromatic rings. The normalized spacial score (nSPS) is 18.9. The summed E-state index contributed by atoms with van der Waals surface area (Å²) in [6.45, 7) is 3.88. The maximum atomic E-state index is 12.1. The van der Waals surface area contributed by atoms with Crippen molar-refractivity contribution in [3.63, 3.8) is 0 Å². The molecule has 23 heavy (non-hydrogen) atoms. The first kappa shape index (κ1) is 15.2. The number of aliphatic imine (C=N–C) groups is 1. The fourth-order valence-corrected chi connectivity index (χ4v) is 2.83. The number of hydrogen-bond acceptors (Lipinski definition) is 4. The van der Waals surface area contributed by atoms with Crippen molar-refractivity contribution in [3.05, 3.63) is 47.4 Å². The Bertz CT molecular complexity index is 788. The van der Waals surface area contributed by atoms with E-state index in [0.29, 0.717) is 24.2 Å². The third-order valence-electron chi connectivity index (χ3n) is 3.99. The van der Waals surface area contributed by atoms with E-state index >= 15 is 0 Å². The predicted octanol–water partition coefficient (Wildman–Crippen LogP) is 3.90. The summed E-state index contributed by atoms with van der Waals surface area (Å²) in [6.07, 6.45) is 2.39. The van der Waals surface area contributed by atoms with E-state index < -0.39 is 0 Å². The van der Waals surface area contributed by atoms with Gasteiger partial charge in [0.25, 0.3) is 0 Å². The Morgan fingerprint density at radius 2 is 2.04 bits per heavy atom. The molecule has 3 rings (SSSR count). The molecule has 5 heteroatoms. The molecule has 0 radical (unpaired) electrons. The quantitative estimate of drug-likeness (QED) is 0.844. The Balaban J connectivity index is 1.96. The maximum Gasteiger partial charge on any atom is 0.181 e. The number of aliphatic hydroxyl groups is 1. The predicted molar refractivity (Wildman–Crippen MR) is 90.0 cm³/mol. The molecule has 1 heterocycles. The van der Waals surface area contributed by atoms with Crippen LogP contribution in [0.15, 0.2) is 46.7 Å². The van der Waals surface area contributed by atoms with Crippen LogP contribution < -0.4 is 0 Å². The Morgan fingerprint density at radius 3 is 2.74 bits per heavy atom. The Hall–Kier alpha value is -2.69. The van der Waals surface area contributed by atoms with E-state index in [0.717, 1.165) is 16.8 Å². The molecular weight excluding hydrogens is 290 g/mol. The average molecular weight is 309 g/mol. The van der Waals surface area contributed by atoms with Crippen molar-refractivity contribution in [1.29, 1.82) is 0 Å². The summed E-state index contributed by atoms with van der Waals surface area (Å²) in [5.41, 5.74) is 3.11. The lowest BCUT2D eigenvalue weighted by molar-refractivity contribution is -0.116. The van der Waals surface area contributed by atoms with Gasteiger partial charge in [-0.15, -0.1) is 0 Å². The number of hydrogen-bond donors (Lipinski definition) is 2. The van der Waals surface area contributed by atoms with Gasteiger partial charge in [-0.25, -0.2) is 4.99 Å². The van der Waals surface area contributed by atoms with Gasteiger partial charge in [-0.2, -0.15) is 5.10 Å². The molecule has 0 saturated heterocycles. The van der Waals surface area contributed by atoms with Gasteiger partial charge in [0.1, 0.15) is 5.76 Å². The van der Waals surface area contributed by atoms with E-state index in [1.807, 2.05) is 44.2 Å². The highest BCUT2D eigenvalue weighted by Crippen LogP contribution is 2.31. The number of allylic oxidation sites excluding steroid dienone is 2. The molecular formula is C18H19N3O2. The van der Waals surface area contributed by atoms with E-state index in [4.69, 9.17) is 0 Å². The number of aliphatic hydroxyl groups excluding tert-OH is 1. The van der Waals surface area contributed by atoms with Crippen molar-refractivity contribution in [2.45, 2.75) is 26.7 Å². The fraction of sp³-hybridized carbons (Fsp3) is 0.278. The summed E-state index contributed by atoms with van der Waals surface area (Å²) >= 11 is 0. The molecule has 5 nitrogen and oxygen atoms in total. The van der Waals surface area contributed by atoms with Crippen molar-refractivity contribution >= 4 is 17.8 Å². The van der Waals surface area contributed by atoms with Gasteiger partial charge in [0.2, 0.25) is 0 Å².